The van der Waals surface area contributed by atoms with Crippen LogP contribution in [0.25, 0.3) is 0 Å². The first-order chi connectivity index (χ1) is 8.63. The van der Waals surface area contributed by atoms with Gasteiger partial charge in [-0.2, -0.15) is 0 Å². The van der Waals surface area contributed by atoms with Crippen molar-refractivity contribution in [1.29, 1.82) is 0 Å². The highest BCUT2D eigenvalue weighted by Crippen LogP contribution is 2.05. The van der Waals surface area contributed by atoms with E-state index in [1.807, 2.05) is 44.2 Å². The molecule has 0 aromatic heterocycles. The molecule has 108 valence electrons. The maximum atomic E-state index is 12.0. The third-order valence-electron chi connectivity index (χ3n) is 2.51. The zero-order chi connectivity index (χ0) is 13.4. The molecule has 0 bridgehead atoms. The minimum Gasteiger partial charge on any atom is -0.369 e. The molecule has 0 heterocycles. The highest BCUT2D eigenvalue weighted by atomic mass is 35.5. The van der Waals surface area contributed by atoms with E-state index in [1.54, 1.807) is 4.90 Å². The van der Waals surface area contributed by atoms with Crippen molar-refractivity contribution < 1.29 is 9.53 Å². The van der Waals surface area contributed by atoms with E-state index in [1.165, 1.54) is 0 Å². The molecule has 0 radical (unpaired) electrons. The lowest BCUT2D eigenvalue weighted by atomic mass is 10.2. The van der Waals surface area contributed by atoms with Crippen LogP contribution in [-0.4, -0.2) is 36.6 Å². The van der Waals surface area contributed by atoms with Gasteiger partial charge in [-0.15, -0.1) is 12.4 Å². The largest absolute Gasteiger partial charge is 0.369 e. The first-order valence-electron chi connectivity index (χ1n) is 6.27. The smallest absolute Gasteiger partial charge is 0.248 e. The molecule has 0 aliphatic heterocycles. The summed E-state index contributed by atoms with van der Waals surface area (Å²) in [6.45, 7) is 5.54. The van der Waals surface area contributed by atoms with Crippen LogP contribution in [0.4, 0.5) is 0 Å². The third kappa shape index (κ3) is 7.15. The van der Waals surface area contributed by atoms with Crippen molar-refractivity contribution in [3.05, 3.63) is 35.9 Å². The Morgan fingerprint density at radius 3 is 2.47 bits per heavy atom. The van der Waals surface area contributed by atoms with Gasteiger partial charge in [0.1, 0.15) is 6.61 Å². The molecule has 0 spiro atoms. The number of carbonyl (C=O) groups excluding carboxylic acids is 1. The fraction of sp³-hybridized carbons (Fsp3) is 0.500. The molecule has 0 atom stereocenters. The molecule has 0 unspecified atom stereocenters. The molecule has 1 aromatic carbocycles. The summed E-state index contributed by atoms with van der Waals surface area (Å²) in [6, 6.07) is 9.89. The van der Waals surface area contributed by atoms with Crippen LogP contribution in [0.3, 0.4) is 0 Å². The van der Waals surface area contributed by atoms with Crippen LogP contribution < -0.4 is 5.73 Å². The first-order valence-corrected chi connectivity index (χ1v) is 6.27. The van der Waals surface area contributed by atoms with Gasteiger partial charge >= 0.3 is 0 Å². The van der Waals surface area contributed by atoms with Gasteiger partial charge in [0.2, 0.25) is 5.91 Å². The van der Waals surface area contributed by atoms with Gasteiger partial charge in [-0.25, -0.2) is 0 Å². The average molecular weight is 287 g/mol. The van der Waals surface area contributed by atoms with Gasteiger partial charge in [-0.3, -0.25) is 4.79 Å². The Labute approximate surface area is 121 Å². The van der Waals surface area contributed by atoms with E-state index in [-0.39, 0.29) is 31.0 Å². The fourth-order valence-electron chi connectivity index (χ4n) is 1.58. The standard InChI is InChI=1S/C14H22N2O2.ClH/c1-12(2)18-11-14(17)16(9-8-15)10-13-6-4-3-5-7-13;/h3-7,12H,8-11,15H2,1-2H3;1H. The maximum Gasteiger partial charge on any atom is 0.248 e. The van der Waals surface area contributed by atoms with Gasteiger partial charge in [0, 0.05) is 19.6 Å². The second kappa shape index (κ2) is 9.78. The topological polar surface area (TPSA) is 55.6 Å². The normalized spacial score (nSPS) is 10.1. The van der Waals surface area contributed by atoms with Gasteiger partial charge in [-0.1, -0.05) is 30.3 Å². The number of halogens is 1. The Bertz CT molecular complexity index is 358. The van der Waals surface area contributed by atoms with Crippen LogP contribution in [0.2, 0.25) is 0 Å². The van der Waals surface area contributed by atoms with Crippen molar-refractivity contribution in [3.63, 3.8) is 0 Å². The monoisotopic (exact) mass is 286 g/mol. The Kier molecular flexibility index (Phi) is 9.21. The highest BCUT2D eigenvalue weighted by Gasteiger charge is 2.13. The summed E-state index contributed by atoms with van der Waals surface area (Å²) in [4.78, 5) is 13.7. The number of rotatable bonds is 7. The van der Waals surface area contributed by atoms with Crippen molar-refractivity contribution in [2.24, 2.45) is 5.73 Å². The summed E-state index contributed by atoms with van der Waals surface area (Å²) in [7, 11) is 0. The lowest BCUT2D eigenvalue weighted by Crippen LogP contribution is -2.37. The molecule has 0 fully saturated rings. The molecule has 0 aliphatic rings. The molecule has 1 rings (SSSR count). The summed E-state index contributed by atoms with van der Waals surface area (Å²) in [5.41, 5.74) is 6.64. The predicted molar refractivity (Wildman–Crippen MR) is 79.2 cm³/mol. The van der Waals surface area contributed by atoms with E-state index in [9.17, 15) is 4.79 Å². The van der Waals surface area contributed by atoms with Crippen LogP contribution in [0.5, 0.6) is 0 Å². The van der Waals surface area contributed by atoms with Crippen molar-refractivity contribution in [1.82, 2.24) is 4.90 Å². The molecule has 1 aromatic rings. The Morgan fingerprint density at radius 1 is 1.32 bits per heavy atom. The molecule has 0 saturated heterocycles. The Hall–Kier alpha value is -1.10. The van der Waals surface area contributed by atoms with Crippen LogP contribution in [-0.2, 0) is 16.1 Å². The summed E-state index contributed by atoms with van der Waals surface area (Å²) in [5.74, 6) is -0.0157. The number of amides is 1. The van der Waals surface area contributed by atoms with Crippen LogP contribution in [0.15, 0.2) is 30.3 Å². The summed E-state index contributed by atoms with van der Waals surface area (Å²) >= 11 is 0. The van der Waals surface area contributed by atoms with E-state index in [2.05, 4.69) is 0 Å². The highest BCUT2D eigenvalue weighted by molar-refractivity contribution is 5.85. The van der Waals surface area contributed by atoms with Crippen LogP contribution in [0.1, 0.15) is 19.4 Å². The molecule has 0 saturated carbocycles. The molecular weight excluding hydrogens is 264 g/mol. The van der Waals surface area contributed by atoms with Crippen molar-refractivity contribution in [3.8, 4) is 0 Å². The molecular formula is C14H23ClN2O2. The van der Waals surface area contributed by atoms with E-state index < -0.39 is 0 Å². The number of nitrogens with two attached hydrogens (primary N) is 1. The van der Waals surface area contributed by atoms with Crippen molar-refractivity contribution in [2.45, 2.75) is 26.5 Å². The van der Waals surface area contributed by atoms with Gasteiger partial charge in [0.25, 0.3) is 0 Å². The van der Waals surface area contributed by atoms with E-state index >= 15 is 0 Å². The van der Waals surface area contributed by atoms with Gasteiger partial charge in [-0.05, 0) is 19.4 Å². The first kappa shape index (κ1) is 17.9. The summed E-state index contributed by atoms with van der Waals surface area (Å²) < 4.78 is 5.34. The quantitative estimate of drug-likeness (QED) is 0.832. The van der Waals surface area contributed by atoms with Gasteiger partial charge in [0.15, 0.2) is 0 Å². The molecule has 0 aliphatic carbocycles. The third-order valence-corrected chi connectivity index (χ3v) is 2.51. The average Bonchev–Trinajstić information content (AvgIpc) is 2.36. The minimum atomic E-state index is -0.0157. The lowest BCUT2D eigenvalue weighted by Gasteiger charge is -2.22. The van der Waals surface area contributed by atoms with E-state index in [4.69, 9.17) is 10.5 Å². The van der Waals surface area contributed by atoms with Crippen molar-refractivity contribution >= 4 is 18.3 Å². The minimum absolute atomic E-state index is 0. The maximum absolute atomic E-state index is 12.0. The van der Waals surface area contributed by atoms with Gasteiger partial charge in [0.05, 0.1) is 6.10 Å². The number of nitrogens with zero attached hydrogens (tertiary/aromatic N) is 1. The Balaban J connectivity index is 0.00000324. The molecule has 1 amide bonds. The van der Waals surface area contributed by atoms with Crippen molar-refractivity contribution in [2.75, 3.05) is 19.7 Å². The molecule has 19 heavy (non-hydrogen) atoms. The van der Waals surface area contributed by atoms with E-state index in [0.717, 1.165) is 5.56 Å². The number of benzene rings is 1. The zero-order valence-corrected chi connectivity index (χ0v) is 12.4. The Morgan fingerprint density at radius 2 is 1.95 bits per heavy atom. The molecule has 4 nitrogen and oxygen atoms in total. The molecule has 2 N–H and O–H groups in total. The second-order valence-electron chi connectivity index (χ2n) is 4.45. The summed E-state index contributed by atoms with van der Waals surface area (Å²) in [5, 5.41) is 0. The molecule has 5 heteroatoms. The predicted octanol–water partition coefficient (Wildman–Crippen LogP) is 1.82. The van der Waals surface area contributed by atoms with E-state index in [0.29, 0.717) is 19.6 Å². The van der Waals surface area contributed by atoms with Gasteiger partial charge < -0.3 is 15.4 Å². The summed E-state index contributed by atoms with van der Waals surface area (Å²) in [6.07, 6.45) is 0.0606. The van der Waals surface area contributed by atoms with Crippen LogP contribution >= 0.6 is 12.4 Å². The fourth-order valence-corrected chi connectivity index (χ4v) is 1.58. The number of hydrogen-bond acceptors (Lipinski definition) is 3. The number of hydrogen-bond donors (Lipinski definition) is 1. The van der Waals surface area contributed by atoms with Crippen LogP contribution in [0, 0.1) is 0 Å². The SMILES string of the molecule is CC(C)OCC(=O)N(CCN)Cc1ccccc1.Cl. The number of ether oxygens (including phenoxy) is 1. The second-order valence-corrected chi connectivity index (χ2v) is 4.45. The zero-order valence-electron chi connectivity index (χ0n) is 11.5. The lowest BCUT2D eigenvalue weighted by molar-refractivity contribution is -0.138. The number of carbonyl (C=O) groups is 1.